The summed E-state index contributed by atoms with van der Waals surface area (Å²) in [5, 5.41) is 5.32. The zero-order valence-electron chi connectivity index (χ0n) is 17.5. The Morgan fingerprint density at radius 3 is 2.58 bits per heavy atom. The van der Waals surface area contributed by atoms with Gasteiger partial charge >= 0.3 is 5.97 Å². The smallest absolute Gasteiger partial charge is 0.302 e. The van der Waals surface area contributed by atoms with E-state index in [0.29, 0.717) is 17.5 Å². The van der Waals surface area contributed by atoms with Crippen LogP contribution in [-0.4, -0.2) is 31.9 Å². The van der Waals surface area contributed by atoms with Gasteiger partial charge in [-0.3, -0.25) is 9.59 Å². The molecule has 0 bridgehead atoms. The second kappa shape index (κ2) is 11.4. The summed E-state index contributed by atoms with van der Waals surface area (Å²) in [6.07, 6.45) is 5.94. The fourth-order valence-corrected chi connectivity index (χ4v) is 5.21. The first-order chi connectivity index (χ1) is 14.9. The monoisotopic (exact) mass is 464 g/mol. The number of rotatable bonds is 10. The van der Waals surface area contributed by atoms with Crippen molar-refractivity contribution in [3.8, 4) is 0 Å². The molecule has 1 unspecified atom stereocenters. The van der Waals surface area contributed by atoms with Crippen molar-refractivity contribution in [3.05, 3.63) is 46.5 Å². The quantitative estimate of drug-likeness (QED) is 0.411. The van der Waals surface area contributed by atoms with E-state index in [0.717, 1.165) is 36.1 Å². The average Bonchev–Trinajstić information content (AvgIpc) is 3.38. The van der Waals surface area contributed by atoms with E-state index in [1.807, 2.05) is 17.5 Å². The highest BCUT2D eigenvalue weighted by molar-refractivity contribution is 7.71. The van der Waals surface area contributed by atoms with Crippen molar-refractivity contribution in [2.24, 2.45) is 5.92 Å². The molecule has 1 fully saturated rings. The van der Waals surface area contributed by atoms with Crippen LogP contribution < -0.4 is 5.32 Å². The summed E-state index contributed by atoms with van der Waals surface area (Å²) in [6.45, 7) is 1.63. The number of nitrogens with zero attached hydrogens (tertiary/aromatic N) is 1. The third-order valence-corrected chi connectivity index (χ3v) is 6.93. The molecule has 2 aromatic rings. The first kappa shape index (κ1) is 23.4. The first-order valence-electron chi connectivity index (χ1n) is 10.5. The number of carbonyl (C=O) groups excluding carboxylic acids is 2. The summed E-state index contributed by atoms with van der Waals surface area (Å²) in [7, 11) is -2.48. The second-order valence-corrected chi connectivity index (χ2v) is 9.73. The summed E-state index contributed by atoms with van der Waals surface area (Å²) in [5.74, 6) is -0.222. The zero-order valence-corrected chi connectivity index (χ0v) is 19.3. The van der Waals surface area contributed by atoms with Gasteiger partial charge in [-0.25, -0.2) is 13.4 Å². The van der Waals surface area contributed by atoms with E-state index in [4.69, 9.17) is 4.74 Å². The number of thiazole rings is 1. The molecule has 1 N–H and O–H groups in total. The van der Waals surface area contributed by atoms with E-state index < -0.39 is 10.7 Å². The van der Waals surface area contributed by atoms with Gasteiger partial charge in [0.2, 0.25) is 5.91 Å². The molecule has 0 saturated heterocycles. The molecule has 1 heterocycles. The Morgan fingerprint density at radius 1 is 1.23 bits per heavy atom. The number of benzene rings is 1. The number of ether oxygens (including phenoxy) is 1. The standard InChI is InChI=1S/C22H28N2O5S2/c1-15(25)29-11-10-19-13-30-22(23-19)24-21(26)20(12-16-4-2-3-5-16)18-8-6-17(7-9-18)14-31(27)28/h6-9,13,16,20,31H,2-5,10-12,14H2,1H3,(H,23,24,26). The van der Waals surface area contributed by atoms with Crippen molar-refractivity contribution in [1.82, 2.24) is 4.98 Å². The molecule has 168 valence electrons. The molecule has 0 aliphatic heterocycles. The average molecular weight is 465 g/mol. The summed E-state index contributed by atoms with van der Waals surface area (Å²) < 4.78 is 26.9. The fourth-order valence-electron chi connectivity index (χ4n) is 3.95. The van der Waals surface area contributed by atoms with Crippen LogP contribution in [0.15, 0.2) is 29.6 Å². The van der Waals surface area contributed by atoms with Gasteiger partial charge in [0, 0.05) is 18.7 Å². The molecule has 3 rings (SSSR count). The lowest BCUT2D eigenvalue weighted by molar-refractivity contribution is -0.140. The van der Waals surface area contributed by atoms with Gasteiger partial charge in [-0.05, 0) is 23.5 Å². The first-order valence-corrected chi connectivity index (χ1v) is 12.7. The number of carbonyl (C=O) groups is 2. The molecule has 1 aromatic carbocycles. The highest BCUT2D eigenvalue weighted by Gasteiger charge is 2.27. The van der Waals surface area contributed by atoms with Crippen LogP contribution in [0.3, 0.4) is 0 Å². The van der Waals surface area contributed by atoms with Gasteiger partial charge in [0.25, 0.3) is 0 Å². The van der Waals surface area contributed by atoms with Crippen LogP contribution in [0.25, 0.3) is 0 Å². The van der Waals surface area contributed by atoms with E-state index in [1.54, 1.807) is 12.1 Å². The van der Waals surface area contributed by atoms with Crippen LogP contribution in [0.1, 0.15) is 61.8 Å². The van der Waals surface area contributed by atoms with Gasteiger partial charge in [0.15, 0.2) is 5.13 Å². The van der Waals surface area contributed by atoms with Crippen molar-refractivity contribution < 1.29 is 22.7 Å². The maximum Gasteiger partial charge on any atom is 0.302 e. The maximum atomic E-state index is 13.2. The molecule has 7 nitrogen and oxygen atoms in total. The second-order valence-electron chi connectivity index (χ2n) is 7.89. The van der Waals surface area contributed by atoms with Crippen molar-refractivity contribution in [2.75, 3.05) is 11.9 Å². The molecule has 1 saturated carbocycles. The predicted octanol–water partition coefficient (Wildman–Crippen LogP) is 3.66. The van der Waals surface area contributed by atoms with E-state index in [9.17, 15) is 18.0 Å². The number of esters is 1. The molecule has 1 atom stereocenters. The topological polar surface area (TPSA) is 102 Å². The van der Waals surface area contributed by atoms with Crippen LogP contribution in [0.2, 0.25) is 0 Å². The van der Waals surface area contributed by atoms with Gasteiger partial charge in [-0.1, -0.05) is 49.9 Å². The third kappa shape index (κ3) is 7.43. The number of nitrogens with one attached hydrogen (secondary N) is 1. The van der Waals surface area contributed by atoms with Crippen LogP contribution in [0.5, 0.6) is 0 Å². The summed E-state index contributed by atoms with van der Waals surface area (Å²) in [6, 6.07) is 7.29. The van der Waals surface area contributed by atoms with Gasteiger partial charge in [0.1, 0.15) is 10.7 Å². The van der Waals surface area contributed by atoms with Crippen LogP contribution in [0.4, 0.5) is 5.13 Å². The van der Waals surface area contributed by atoms with Crippen molar-refractivity contribution >= 4 is 39.0 Å². The Hall–Kier alpha value is -2.26. The lowest BCUT2D eigenvalue weighted by Gasteiger charge is -2.20. The number of hydrogen-bond donors (Lipinski definition) is 2. The minimum absolute atomic E-state index is 0.00430. The molecule has 1 aliphatic carbocycles. The predicted molar refractivity (Wildman–Crippen MR) is 121 cm³/mol. The summed E-state index contributed by atoms with van der Waals surface area (Å²) in [4.78, 5) is 28.5. The van der Waals surface area contributed by atoms with Gasteiger partial charge in [-0.2, -0.15) is 0 Å². The molecular formula is C22H28N2O5S2. The normalized spacial score (nSPS) is 15.2. The zero-order chi connectivity index (χ0) is 22.2. The lowest BCUT2D eigenvalue weighted by Crippen LogP contribution is -2.23. The highest BCUT2D eigenvalue weighted by Crippen LogP contribution is 2.35. The van der Waals surface area contributed by atoms with Crippen molar-refractivity contribution in [2.45, 2.75) is 57.1 Å². The minimum atomic E-state index is -2.48. The maximum absolute atomic E-state index is 13.2. The van der Waals surface area contributed by atoms with E-state index in [-0.39, 0.29) is 30.2 Å². The largest absolute Gasteiger partial charge is 0.465 e. The minimum Gasteiger partial charge on any atom is -0.465 e. The Morgan fingerprint density at radius 2 is 1.94 bits per heavy atom. The Kier molecular flexibility index (Phi) is 8.60. The Bertz CT molecular complexity index is 955. The number of thiol groups is 1. The van der Waals surface area contributed by atoms with Crippen molar-refractivity contribution in [3.63, 3.8) is 0 Å². The fraction of sp³-hybridized carbons (Fsp3) is 0.500. The van der Waals surface area contributed by atoms with Crippen LogP contribution in [0, 0.1) is 5.92 Å². The molecule has 1 aliphatic rings. The molecule has 0 spiro atoms. The molecular weight excluding hydrogens is 436 g/mol. The molecule has 31 heavy (non-hydrogen) atoms. The summed E-state index contributed by atoms with van der Waals surface area (Å²) in [5.41, 5.74) is 2.38. The Balaban J connectivity index is 1.69. The highest BCUT2D eigenvalue weighted by atomic mass is 32.2. The molecule has 9 heteroatoms. The van der Waals surface area contributed by atoms with E-state index >= 15 is 0 Å². The molecule has 0 radical (unpaired) electrons. The van der Waals surface area contributed by atoms with Crippen LogP contribution >= 0.6 is 11.3 Å². The van der Waals surface area contributed by atoms with Crippen LogP contribution in [-0.2, 0) is 37.2 Å². The SMILES string of the molecule is CC(=O)OCCc1csc(NC(=O)C(CC2CCCC2)c2ccc(C[SH](=O)=O)cc2)n1. The van der Waals surface area contributed by atoms with Gasteiger partial charge in [0.05, 0.1) is 24.0 Å². The summed E-state index contributed by atoms with van der Waals surface area (Å²) >= 11 is 1.35. The molecule has 1 amide bonds. The van der Waals surface area contributed by atoms with E-state index in [2.05, 4.69) is 10.3 Å². The molecule has 1 aromatic heterocycles. The lowest BCUT2D eigenvalue weighted by atomic mass is 9.87. The number of anilines is 1. The van der Waals surface area contributed by atoms with E-state index in [1.165, 1.54) is 31.1 Å². The van der Waals surface area contributed by atoms with Gasteiger partial charge in [-0.15, -0.1) is 11.3 Å². The number of amides is 1. The van der Waals surface area contributed by atoms with Crippen molar-refractivity contribution in [1.29, 1.82) is 0 Å². The number of hydrogen-bond acceptors (Lipinski definition) is 7. The number of aromatic nitrogens is 1. The van der Waals surface area contributed by atoms with Gasteiger partial charge < -0.3 is 10.1 Å². The Labute approximate surface area is 188 Å². The third-order valence-electron chi connectivity index (χ3n) is 5.50.